The van der Waals surface area contributed by atoms with E-state index in [0.717, 1.165) is 44.1 Å². The monoisotopic (exact) mass is 379 g/mol. The van der Waals surface area contributed by atoms with Gasteiger partial charge in [0.2, 0.25) is 0 Å². The maximum atomic E-state index is 14.0. The molecule has 1 aromatic carbocycles. The van der Waals surface area contributed by atoms with Crippen molar-refractivity contribution in [3.8, 4) is 0 Å². The molecule has 1 heterocycles. The van der Waals surface area contributed by atoms with E-state index in [-0.39, 0.29) is 6.04 Å². The molecule has 150 valence electrons. The largest absolute Gasteiger partial charge is 0.367 e. The molecule has 2 N–H and O–H groups in total. The van der Waals surface area contributed by atoms with Crippen molar-refractivity contribution in [2.45, 2.75) is 51.2 Å². The van der Waals surface area contributed by atoms with Gasteiger partial charge in [0, 0.05) is 57.4 Å². The molecule has 2 aliphatic rings. The van der Waals surface area contributed by atoms with Crippen LogP contribution in [0.5, 0.6) is 0 Å². The molecule has 1 saturated heterocycles. The lowest BCUT2D eigenvalue weighted by atomic mass is 10.2. The van der Waals surface area contributed by atoms with Crippen molar-refractivity contribution in [3.63, 3.8) is 0 Å². The number of hydrogen-bond donors (Lipinski definition) is 2. The zero-order valence-corrected chi connectivity index (χ0v) is 16.5. The number of anilines is 1. The van der Waals surface area contributed by atoms with Gasteiger partial charge < -0.3 is 15.5 Å². The minimum absolute atomic E-state index is 0.185. The molecular formula is C20H31F2N5. The van der Waals surface area contributed by atoms with Crippen LogP contribution < -0.4 is 15.5 Å². The van der Waals surface area contributed by atoms with Gasteiger partial charge in [0.1, 0.15) is 11.6 Å². The predicted octanol–water partition coefficient (Wildman–Crippen LogP) is 2.58. The summed E-state index contributed by atoms with van der Waals surface area (Å²) < 4.78 is 27.1. The number of halogens is 2. The topological polar surface area (TPSA) is 42.9 Å². The third-order valence-electron chi connectivity index (χ3n) is 5.34. The molecule has 5 nitrogen and oxygen atoms in total. The minimum Gasteiger partial charge on any atom is -0.367 e. The number of guanidine groups is 1. The van der Waals surface area contributed by atoms with Crippen molar-refractivity contribution >= 4 is 11.6 Å². The molecule has 0 aromatic heterocycles. The fourth-order valence-corrected chi connectivity index (χ4v) is 3.79. The Morgan fingerprint density at radius 3 is 2.70 bits per heavy atom. The molecule has 1 aromatic rings. The van der Waals surface area contributed by atoms with Crippen molar-refractivity contribution in [2.24, 2.45) is 4.99 Å². The Kier molecular flexibility index (Phi) is 6.52. The predicted molar refractivity (Wildman–Crippen MR) is 106 cm³/mol. The summed E-state index contributed by atoms with van der Waals surface area (Å²) in [5, 5.41) is 6.82. The lowest BCUT2D eigenvalue weighted by molar-refractivity contribution is 0.215. The van der Waals surface area contributed by atoms with E-state index in [1.165, 1.54) is 25.0 Å². The highest BCUT2D eigenvalue weighted by molar-refractivity contribution is 5.80. The molecule has 0 amide bonds. The second kappa shape index (κ2) is 8.87. The molecular weight excluding hydrogens is 348 g/mol. The summed E-state index contributed by atoms with van der Waals surface area (Å²) >= 11 is 0. The van der Waals surface area contributed by atoms with E-state index < -0.39 is 11.6 Å². The van der Waals surface area contributed by atoms with Gasteiger partial charge in [-0.15, -0.1) is 0 Å². The first-order valence-electron chi connectivity index (χ1n) is 9.91. The summed E-state index contributed by atoms with van der Waals surface area (Å²) in [6.07, 6.45) is 3.50. The van der Waals surface area contributed by atoms with Crippen LogP contribution >= 0.6 is 0 Å². The number of rotatable bonds is 7. The van der Waals surface area contributed by atoms with Gasteiger partial charge in [-0.3, -0.25) is 9.89 Å². The molecule has 1 aliphatic carbocycles. The van der Waals surface area contributed by atoms with Crippen LogP contribution in [0.15, 0.2) is 23.2 Å². The van der Waals surface area contributed by atoms with Gasteiger partial charge >= 0.3 is 0 Å². The quantitative estimate of drug-likeness (QED) is 0.565. The van der Waals surface area contributed by atoms with Gasteiger partial charge in [0.25, 0.3) is 0 Å². The molecule has 0 bridgehead atoms. The van der Waals surface area contributed by atoms with Gasteiger partial charge in [-0.25, -0.2) is 8.78 Å². The van der Waals surface area contributed by atoms with Crippen LogP contribution in [-0.4, -0.2) is 62.2 Å². The highest BCUT2D eigenvalue weighted by Crippen LogP contribution is 2.28. The summed E-state index contributed by atoms with van der Waals surface area (Å²) in [5.74, 6) is -0.274. The molecule has 1 unspecified atom stereocenters. The van der Waals surface area contributed by atoms with Crippen LogP contribution in [0, 0.1) is 11.6 Å². The molecule has 1 saturated carbocycles. The number of hydrogen-bond acceptors (Lipinski definition) is 3. The zero-order chi connectivity index (χ0) is 19.4. The van der Waals surface area contributed by atoms with E-state index in [1.807, 2.05) is 4.90 Å². The van der Waals surface area contributed by atoms with Crippen molar-refractivity contribution in [3.05, 3.63) is 29.8 Å². The van der Waals surface area contributed by atoms with E-state index in [2.05, 4.69) is 34.4 Å². The lowest BCUT2D eigenvalue weighted by Crippen LogP contribution is -2.47. The van der Waals surface area contributed by atoms with E-state index in [0.29, 0.717) is 18.3 Å². The van der Waals surface area contributed by atoms with Gasteiger partial charge in [-0.1, -0.05) is 0 Å². The standard InChI is InChI=1S/C20H31F2N5/c1-14(2)27(17-5-6-17)11-9-24-20(23-3)25-16-8-10-26(13-16)19-7-4-15(21)12-18(19)22/h4,7,12,14,16-17H,5-6,8-11,13H2,1-3H3,(H2,23,24,25). The Bertz CT molecular complexity index is 658. The molecule has 2 fully saturated rings. The lowest BCUT2D eigenvalue weighted by Gasteiger charge is -2.27. The Hall–Kier alpha value is -1.89. The Morgan fingerprint density at radius 2 is 2.07 bits per heavy atom. The first kappa shape index (κ1) is 19.9. The third-order valence-corrected chi connectivity index (χ3v) is 5.34. The third kappa shape index (κ3) is 5.31. The molecule has 3 rings (SSSR count). The average Bonchev–Trinajstić information content (AvgIpc) is 3.35. The maximum Gasteiger partial charge on any atom is 0.191 e. The molecule has 7 heteroatoms. The van der Waals surface area contributed by atoms with Gasteiger partial charge in [0.15, 0.2) is 5.96 Å². The number of nitrogens with one attached hydrogen (secondary N) is 2. The molecule has 27 heavy (non-hydrogen) atoms. The molecule has 0 spiro atoms. The summed E-state index contributed by atoms with van der Waals surface area (Å²) in [6.45, 7) is 7.74. The number of nitrogens with zero attached hydrogens (tertiary/aromatic N) is 3. The molecule has 1 atom stereocenters. The van der Waals surface area contributed by atoms with Crippen molar-refractivity contribution < 1.29 is 8.78 Å². The Balaban J connectivity index is 1.46. The van der Waals surface area contributed by atoms with Gasteiger partial charge in [-0.05, 0) is 45.2 Å². The SMILES string of the molecule is CN=C(NCCN(C(C)C)C1CC1)NC1CCN(c2ccc(F)cc2F)C1. The fraction of sp³-hybridized carbons (Fsp3) is 0.650. The Morgan fingerprint density at radius 1 is 1.30 bits per heavy atom. The maximum absolute atomic E-state index is 14.0. The Labute approximate surface area is 160 Å². The van der Waals surface area contributed by atoms with E-state index in [1.54, 1.807) is 7.05 Å². The minimum atomic E-state index is -0.545. The van der Waals surface area contributed by atoms with Crippen LogP contribution in [-0.2, 0) is 0 Å². The molecule has 0 radical (unpaired) electrons. The van der Waals surface area contributed by atoms with Gasteiger partial charge in [-0.2, -0.15) is 0 Å². The van der Waals surface area contributed by atoms with Crippen LogP contribution in [0.25, 0.3) is 0 Å². The highest BCUT2D eigenvalue weighted by Gasteiger charge is 2.30. The summed E-state index contributed by atoms with van der Waals surface area (Å²) in [4.78, 5) is 8.80. The van der Waals surface area contributed by atoms with E-state index >= 15 is 0 Å². The summed E-state index contributed by atoms with van der Waals surface area (Å²) in [6, 6.07) is 5.25. The normalized spacial score (nSPS) is 20.6. The van der Waals surface area contributed by atoms with Gasteiger partial charge in [0.05, 0.1) is 5.69 Å². The van der Waals surface area contributed by atoms with Crippen molar-refractivity contribution in [1.29, 1.82) is 0 Å². The van der Waals surface area contributed by atoms with Crippen LogP contribution in [0.2, 0.25) is 0 Å². The van der Waals surface area contributed by atoms with Crippen molar-refractivity contribution in [2.75, 3.05) is 38.1 Å². The average molecular weight is 379 g/mol. The fourth-order valence-electron chi connectivity index (χ4n) is 3.79. The van der Waals surface area contributed by atoms with E-state index in [9.17, 15) is 8.78 Å². The van der Waals surface area contributed by atoms with Crippen LogP contribution in [0.4, 0.5) is 14.5 Å². The van der Waals surface area contributed by atoms with Crippen molar-refractivity contribution in [1.82, 2.24) is 15.5 Å². The van der Waals surface area contributed by atoms with Crippen LogP contribution in [0.1, 0.15) is 33.1 Å². The number of aliphatic imine (C=N–C) groups is 1. The molecule has 1 aliphatic heterocycles. The first-order chi connectivity index (χ1) is 13.0. The summed E-state index contributed by atoms with van der Waals surface area (Å²) in [7, 11) is 1.77. The zero-order valence-electron chi connectivity index (χ0n) is 16.5. The van der Waals surface area contributed by atoms with E-state index in [4.69, 9.17) is 0 Å². The first-order valence-corrected chi connectivity index (χ1v) is 9.91. The second-order valence-corrected chi connectivity index (χ2v) is 7.73. The van der Waals surface area contributed by atoms with Crippen LogP contribution in [0.3, 0.4) is 0 Å². The second-order valence-electron chi connectivity index (χ2n) is 7.73. The number of benzene rings is 1. The highest BCUT2D eigenvalue weighted by atomic mass is 19.1. The smallest absolute Gasteiger partial charge is 0.191 e. The summed E-state index contributed by atoms with van der Waals surface area (Å²) in [5.41, 5.74) is 0.459.